The number of carboxylic acids is 1. The second kappa shape index (κ2) is 8.61. The van der Waals surface area contributed by atoms with Crippen molar-refractivity contribution in [2.45, 2.75) is 25.8 Å². The fraction of sp³-hybridized carbons (Fsp3) is 0.167. The monoisotopic (exact) mass is 389 g/mol. The van der Waals surface area contributed by atoms with Crippen molar-refractivity contribution in [3.63, 3.8) is 0 Å². The van der Waals surface area contributed by atoms with Gasteiger partial charge in [-0.25, -0.2) is 4.79 Å². The number of hydrogen-bond acceptors (Lipinski definition) is 3. The van der Waals surface area contributed by atoms with Crippen molar-refractivity contribution in [1.29, 1.82) is 0 Å². The number of benzene rings is 3. The number of phenols is 1. The third-order valence-corrected chi connectivity index (χ3v) is 4.90. The molecule has 29 heavy (non-hydrogen) atoms. The van der Waals surface area contributed by atoms with Crippen LogP contribution in [0.3, 0.4) is 0 Å². The standard InChI is InChI=1S/C24H23NO4/c1-15-13-16(2)20(19(26)14-15)21(17-9-5-3-6-10-17)22(24(28)29)25-23(27)18-11-7-4-8-12-18/h3-14,21-22,26H,1-2H3,(H,25,27)(H,28,29)/t21-,22-/m0/s1. The average molecular weight is 389 g/mol. The second-order valence-electron chi connectivity index (χ2n) is 7.06. The third-order valence-electron chi connectivity index (χ3n) is 4.90. The van der Waals surface area contributed by atoms with Crippen LogP contribution < -0.4 is 5.32 Å². The first-order valence-corrected chi connectivity index (χ1v) is 9.32. The second-order valence-corrected chi connectivity index (χ2v) is 7.06. The van der Waals surface area contributed by atoms with Gasteiger partial charge in [0.1, 0.15) is 11.8 Å². The van der Waals surface area contributed by atoms with Gasteiger partial charge in [0.05, 0.1) is 0 Å². The average Bonchev–Trinajstić information content (AvgIpc) is 2.70. The van der Waals surface area contributed by atoms with E-state index in [-0.39, 0.29) is 5.75 Å². The van der Waals surface area contributed by atoms with Crippen LogP contribution >= 0.6 is 0 Å². The van der Waals surface area contributed by atoms with Gasteiger partial charge in [0, 0.05) is 17.0 Å². The van der Waals surface area contributed by atoms with Gasteiger partial charge in [-0.2, -0.15) is 0 Å². The molecule has 0 aromatic heterocycles. The van der Waals surface area contributed by atoms with Crippen molar-refractivity contribution in [3.8, 4) is 5.75 Å². The summed E-state index contributed by atoms with van der Waals surface area (Å²) in [4.78, 5) is 25.0. The van der Waals surface area contributed by atoms with Gasteiger partial charge in [-0.3, -0.25) is 4.79 Å². The molecule has 0 saturated carbocycles. The largest absolute Gasteiger partial charge is 0.508 e. The summed E-state index contributed by atoms with van der Waals surface area (Å²) in [5, 5.41) is 23.3. The highest BCUT2D eigenvalue weighted by Gasteiger charge is 2.35. The molecule has 2 atom stereocenters. The van der Waals surface area contributed by atoms with Crippen LogP contribution in [0.4, 0.5) is 0 Å². The van der Waals surface area contributed by atoms with E-state index in [1.54, 1.807) is 60.7 Å². The lowest BCUT2D eigenvalue weighted by Crippen LogP contribution is -2.45. The zero-order chi connectivity index (χ0) is 21.0. The van der Waals surface area contributed by atoms with Gasteiger partial charge in [0.15, 0.2) is 0 Å². The number of phenolic OH excluding ortho intramolecular Hbond substituents is 1. The molecule has 0 aliphatic carbocycles. The lowest BCUT2D eigenvalue weighted by atomic mass is 9.81. The topological polar surface area (TPSA) is 86.6 Å². The van der Waals surface area contributed by atoms with Crippen LogP contribution in [0, 0.1) is 13.8 Å². The van der Waals surface area contributed by atoms with Crippen molar-refractivity contribution in [1.82, 2.24) is 5.32 Å². The minimum atomic E-state index is -1.27. The molecule has 0 fully saturated rings. The Morgan fingerprint density at radius 1 is 0.897 bits per heavy atom. The van der Waals surface area contributed by atoms with Gasteiger partial charge in [-0.1, -0.05) is 54.6 Å². The Hall–Kier alpha value is -3.60. The Kier molecular flexibility index (Phi) is 5.98. The van der Waals surface area contributed by atoms with E-state index >= 15 is 0 Å². The molecule has 0 heterocycles. The molecule has 0 bridgehead atoms. The molecule has 0 unspecified atom stereocenters. The smallest absolute Gasteiger partial charge is 0.327 e. The Labute approximate surface area is 169 Å². The van der Waals surface area contributed by atoms with E-state index in [9.17, 15) is 19.8 Å². The number of hydrogen-bond donors (Lipinski definition) is 3. The SMILES string of the molecule is Cc1cc(C)c([C@H](c2ccccc2)[C@H](NC(=O)c2ccccc2)C(=O)O)c(O)c1. The van der Waals surface area contributed by atoms with Crippen LogP contribution in [0.25, 0.3) is 0 Å². The number of carbonyl (C=O) groups is 2. The molecular formula is C24H23NO4. The highest BCUT2D eigenvalue weighted by Crippen LogP contribution is 2.37. The number of carbonyl (C=O) groups excluding carboxylic acids is 1. The highest BCUT2D eigenvalue weighted by atomic mass is 16.4. The molecule has 0 radical (unpaired) electrons. The number of carboxylic acid groups (broad SMARTS) is 1. The van der Waals surface area contributed by atoms with E-state index in [0.29, 0.717) is 16.7 Å². The zero-order valence-electron chi connectivity index (χ0n) is 16.3. The number of amides is 1. The summed E-state index contributed by atoms with van der Waals surface area (Å²) in [7, 11) is 0. The number of aromatic hydroxyl groups is 1. The molecule has 148 valence electrons. The number of aliphatic carboxylic acids is 1. The maximum atomic E-state index is 12.7. The maximum Gasteiger partial charge on any atom is 0.327 e. The normalized spacial score (nSPS) is 12.8. The summed E-state index contributed by atoms with van der Waals surface area (Å²) in [6, 6.07) is 19.7. The Morgan fingerprint density at radius 2 is 1.48 bits per heavy atom. The first-order valence-electron chi connectivity index (χ1n) is 9.32. The molecule has 3 N–H and O–H groups in total. The van der Waals surface area contributed by atoms with E-state index in [1.807, 2.05) is 26.0 Å². The van der Waals surface area contributed by atoms with Gasteiger partial charge in [0.25, 0.3) is 5.91 Å². The van der Waals surface area contributed by atoms with Crippen molar-refractivity contribution in [3.05, 3.63) is 101 Å². The molecule has 5 nitrogen and oxygen atoms in total. The molecule has 3 aromatic rings. The number of rotatable bonds is 6. The molecule has 3 aromatic carbocycles. The minimum absolute atomic E-state index is 0.0107. The molecule has 5 heteroatoms. The van der Waals surface area contributed by atoms with Gasteiger partial charge in [-0.05, 0) is 48.7 Å². The summed E-state index contributed by atoms with van der Waals surface area (Å²) in [6.45, 7) is 3.69. The molecule has 1 amide bonds. The summed E-state index contributed by atoms with van der Waals surface area (Å²) in [5.74, 6) is -2.41. The van der Waals surface area contributed by atoms with Gasteiger partial charge >= 0.3 is 5.97 Å². The van der Waals surface area contributed by atoms with Crippen LogP contribution in [0.1, 0.15) is 38.5 Å². The summed E-state index contributed by atoms with van der Waals surface area (Å²) in [5.41, 5.74) is 3.18. The van der Waals surface area contributed by atoms with E-state index < -0.39 is 23.8 Å². The summed E-state index contributed by atoms with van der Waals surface area (Å²) < 4.78 is 0. The van der Waals surface area contributed by atoms with Gasteiger partial charge < -0.3 is 15.5 Å². The van der Waals surface area contributed by atoms with Crippen molar-refractivity contribution >= 4 is 11.9 Å². The maximum absolute atomic E-state index is 12.7. The molecular weight excluding hydrogens is 366 g/mol. The molecule has 0 saturated heterocycles. The molecule has 0 spiro atoms. The van der Waals surface area contributed by atoms with E-state index in [1.165, 1.54) is 0 Å². The fourth-order valence-corrected chi connectivity index (χ4v) is 3.65. The predicted octanol–water partition coefficient (Wildman–Crippen LogP) is 4.02. The molecule has 0 aliphatic rings. The molecule has 3 rings (SSSR count). The lowest BCUT2D eigenvalue weighted by Gasteiger charge is -2.28. The fourth-order valence-electron chi connectivity index (χ4n) is 3.65. The van der Waals surface area contributed by atoms with Gasteiger partial charge in [0.2, 0.25) is 0 Å². The Balaban J connectivity index is 2.11. The Bertz CT molecular complexity index is 993. The lowest BCUT2D eigenvalue weighted by molar-refractivity contribution is -0.139. The highest BCUT2D eigenvalue weighted by molar-refractivity contribution is 5.97. The third kappa shape index (κ3) is 4.46. The summed E-state index contributed by atoms with van der Waals surface area (Å²) >= 11 is 0. The first kappa shape index (κ1) is 20.1. The van der Waals surface area contributed by atoms with Crippen LogP contribution in [0.15, 0.2) is 72.8 Å². The minimum Gasteiger partial charge on any atom is -0.508 e. The van der Waals surface area contributed by atoms with E-state index in [4.69, 9.17) is 0 Å². The van der Waals surface area contributed by atoms with Crippen LogP contribution in [0.5, 0.6) is 5.75 Å². The zero-order valence-corrected chi connectivity index (χ0v) is 16.3. The van der Waals surface area contributed by atoms with Crippen molar-refractivity contribution < 1.29 is 19.8 Å². The first-order chi connectivity index (χ1) is 13.9. The quantitative estimate of drug-likeness (QED) is 0.594. The predicted molar refractivity (Wildman–Crippen MR) is 111 cm³/mol. The van der Waals surface area contributed by atoms with Crippen molar-refractivity contribution in [2.75, 3.05) is 0 Å². The number of aryl methyl sites for hydroxylation is 2. The van der Waals surface area contributed by atoms with Gasteiger partial charge in [-0.15, -0.1) is 0 Å². The van der Waals surface area contributed by atoms with E-state index in [2.05, 4.69) is 5.32 Å². The molecule has 0 aliphatic heterocycles. The van der Waals surface area contributed by atoms with Crippen LogP contribution in [-0.4, -0.2) is 28.1 Å². The van der Waals surface area contributed by atoms with Crippen LogP contribution in [-0.2, 0) is 4.79 Å². The Morgan fingerprint density at radius 3 is 2.03 bits per heavy atom. The number of nitrogens with one attached hydrogen (secondary N) is 1. The van der Waals surface area contributed by atoms with Crippen LogP contribution in [0.2, 0.25) is 0 Å². The summed E-state index contributed by atoms with van der Waals surface area (Å²) in [6.07, 6.45) is 0. The van der Waals surface area contributed by atoms with E-state index in [0.717, 1.165) is 11.1 Å². The van der Waals surface area contributed by atoms with Crippen molar-refractivity contribution in [2.24, 2.45) is 0 Å².